The number of anilines is 1. The molecular weight excluding hydrogens is 312 g/mol. The Bertz CT molecular complexity index is 626. The summed E-state index contributed by atoms with van der Waals surface area (Å²) in [5.41, 5.74) is 1.89. The molecule has 0 bridgehead atoms. The molecule has 0 atom stereocenters. The van der Waals surface area contributed by atoms with E-state index < -0.39 is 0 Å². The molecule has 0 saturated heterocycles. The SMILES string of the molecule is CN(C)CCCNc1ccc(C(=O)NCCCc2ccccc2)cn1. The highest BCUT2D eigenvalue weighted by Gasteiger charge is 2.05. The number of nitrogens with one attached hydrogen (secondary N) is 2. The Labute approximate surface area is 150 Å². The van der Waals surface area contributed by atoms with Gasteiger partial charge in [-0.25, -0.2) is 4.98 Å². The van der Waals surface area contributed by atoms with Crippen LogP contribution in [0.25, 0.3) is 0 Å². The molecule has 25 heavy (non-hydrogen) atoms. The van der Waals surface area contributed by atoms with Gasteiger partial charge in [-0.05, 0) is 57.6 Å². The van der Waals surface area contributed by atoms with Crippen LogP contribution in [-0.2, 0) is 6.42 Å². The van der Waals surface area contributed by atoms with Crippen LogP contribution in [0.1, 0.15) is 28.8 Å². The molecule has 0 aliphatic carbocycles. The largest absolute Gasteiger partial charge is 0.370 e. The summed E-state index contributed by atoms with van der Waals surface area (Å²) in [7, 11) is 4.12. The lowest BCUT2D eigenvalue weighted by Crippen LogP contribution is -2.25. The Morgan fingerprint density at radius 2 is 1.84 bits per heavy atom. The van der Waals surface area contributed by atoms with Gasteiger partial charge in [-0.15, -0.1) is 0 Å². The number of amides is 1. The predicted octanol–water partition coefficient (Wildman–Crippen LogP) is 2.81. The number of carbonyl (C=O) groups is 1. The van der Waals surface area contributed by atoms with Crippen molar-refractivity contribution in [2.45, 2.75) is 19.3 Å². The number of benzene rings is 1. The zero-order chi connectivity index (χ0) is 17.9. The van der Waals surface area contributed by atoms with Crippen molar-refractivity contribution in [2.24, 2.45) is 0 Å². The number of hydrogen-bond acceptors (Lipinski definition) is 4. The molecule has 5 nitrogen and oxygen atoms in total. The average Bonchev–Trinajstić information content (AvgIpc) is 2.63. The van der Waals surface area contributed by atoms with Crippen LogP contribution in [0.15, 0.2) is 48.7 Å². The molecule has 5 heteroatoms. The van der Waals surface area contributed by atoms with Crippen LogP contribution in [0.2, 0.25) is 0 Å². The third-order valence-electron chi connectivity index (χ3n) is 3.88. The van der Waals surface area contributed by atoms with Gasteiger partial charge in [-0.3, -0.25) is 4.79 Å². The van der Waals surface area contributed by atoms with Gasteiger partial charge < -0.3 is 15.5 Å². The van der Waals surface area contributed by atoms with Crippen LogP contribution in [0.4, 0.5) is 5.82 Å². The molecule has 2 N–H and O–H groups in total. The monoisotopic (exact) mass is 340 g/mol. The van der Waals surface area contributed by atoms with Crippen LogP contribution < -0.4 is 10.6 Å². The Hall–Kier alpha value is -2.40. The highest BCUT2D eigenvalue weighted by molar-refractivity contribution is 5.94. The van der Waals surface area contributed by atoms with E-state index in [0.29, 0.717) is 12.1 Å². The molecule has 1 amide bonds. The molecule has 0 radical (unpaired) electrons. The molecular formula is C20H28N4O. The Balaban J connectivity index is 1.67. The van der Waals surface area contributed by atoms with Crippen molar-refractivity contribution >= 4 is 11.7 Å². The summed E-state index contributed by atoms with van der Waals surface area (Å²) < 4.78 is 0. The quantitative estimate of drug-likeness (QED) is 0.653. The number of aryl methyl sites for hydroxylation is 1. The molecule has 0 fully saturated rings. The van der Waals surface area contributed by atoms with Crippen LogP contribution in [0.3, 0.4) is 0 Å². The van der Waals surface area contributed by atoms with Crippen molar-refractivity contribution in [3.05, 3.63) is 59.8 Å². The fourth-order valence-corrected chi connectivity index (χ4v) is 2.49. The molecule has 0 spiro atoms. The molecule has 0 aliphatic heterocycles. The van der Waals surface area contributed by atoms with E-state index in [0.717, 1.165) is 38.2 Å². The van der Waals surface area contributed by atoms with Crippen molar-refractivity contribution in [1.82, 2.24) is 15.2 Å². The summed E-state index contributed by atoms with van der Waals surface area (Å²) in [4.78, 5) is 18.6. The van der Waals surface area contributed by atoms with E-state index in [9.17, 15) is 4.79 Å². The smallest absolute Gasteiger partial charge is 0.252 e. The molecule has 0 aliphatic rings. The molecule has 1 aromatic heterocycles. The van der Waals surface area contributed by atoms with Crippen molar-refractivity contribution in [3.8, 4) is 0 Å². The molecule has 2 aromatic rings. The third-order valence-corrected chi connectivity index (χ3v) is 3.88. The molecule has 2 rings (SSSR count). The first-order valence-electron chi connectivity index (χ1n) is 8.82. The van der Waals surface area contributed by atoms with Crippen molar-refractivity contribution in [2.75, 3.05) is 39.0 Å². The van der Waals surface area contributed by atoms with Gasteiger partial charge in [0, 0.05) is 19.3 Å². The second-order valence-electron chi connectivity index (χ2n) is 6.36. The molecule has 0 unspecified atom stereocenters. The molecule has 1 aromatic carbocycles. The first-order chi connectivity index (χ1) is 12.1. The number of carbonyl (C=O) groups excluding carboxylic acids is 1. The Morgan fingerprint density at radius 1 is 1.04 bits per heavy atom. The van der Waals surface area contributed by atoms with Gasteiger partial charge in [0.05, 0.1) is 5.56 Å². The van der Waals surface area contributed by atoms with E-state index in [1.807, 2.05) is 30.3 Å². The van der Waals surface area contributed by atoms with E-state index in [4.69, 9.17) is 0 Å². The fraction of sp³-hybridized carbons (Fsp3) is 0.400. The van der Waals surface area contributed by atoms with Gasteiger partial charge in [0.2, 0.25) is 0 Å². The molecule has 1 heterocycles. The average molecular weight is 340 g/mol. The zero-order valence-corrected chi connectivity index (χ0v) is 15.2. The minimum atomic E-state index is -0.0697. The lowest BCUT2D eigenvalue weighted by atomic mass is 10.1. The van der Waals surface area contributed by atoms with Crippen molar-refractivity contribution in [3.63, 3.8) is 0 Å². The maximum atomic E-state index is 12.1. The Morgan fingerprint density at radius 3 is 2.52 bits per heavy atom. The summed E-state index contributed by atoms with van der Waals surface area (Å²) in [6, 6.07) is 14.0. The van der Waals surface area contributed by atoms with Gasteiger partial charge in [0.25, 0.3) is 5.91 Å². The first kappa shape index (κ1) is 18.9. The highest BCUT2D eigenvalue weighted by atomic mass is 16.1. The lowest BCUT2D eigenvalue weighted by molar-refractivity contribution is 0.0953. The van der Waals surface area contributed by atoms with Gasteiger partial charge in [-0.2, -0.15) is 0 Å². The van der Waals surface area contributed by atoms with Gasteiger partial charge in [0.1, 0.15) is 5.82 Å². The first-order valence-corrected chi connectivity index (χ1v) is 8.82. The van der Waals surface area contributed by atoms with E-state index in [2.05, 4.69) is 46.7 Å². The maximum absolute atomic E-state index is 12.1. The molecule has 0 saturated carbocycles. The highest BCUT2D eigenvalue weighted by Crippen LogP contribution is 2.06. The van der Waals surface area contributed by atoms with Crippen LogP contribution >= 0.6 is 0 Å². The number of nitrogens with zero attached hydrogens (tertiary/aromatic N) is 2. The van der Waals surface area contributed by atoms with Crippen molar-refractivity contribution < 1.29 is 4.79 Å². The molecule has 134 valence electrons. The second-order valence-corrected chi connectivity index (χ2v) is 6.36. The lowest BCUT2D eigenvalue weighted by Gasteiger charge is -2.10. The normalized spacial score (nSPS) is 10.7. The van der Waals surface area contributed by atoms with Gasteiger partial charge in [-0.1, -0.05) is 30.3 Å². The minimum absolute atomic E-state index is 0.0697. The fourth-order valence-electron chi connectivity index (χ4n) is 2.49. The van der Waals surface area contributed by atoms with E-state index in [-0.39, 0.29) is 5.91 Å². The van der Waals surface area contributed by atoms with Crippen LogP contribution in [0.5, 0.6) is 0 Å². The summed E-state index contributed by atoms with van der Waals surface area (Å²) in [6.45, 7) is 2.57. The maximum Gasteiger partial charge on any atom is 0.252 e. The zero-order valence-electron chi connectivity index (χ0n) is 15.2. The topological polar surface area (TPSA) is 57.3 Å². The Kier molecular flexibility index (Phi) is 7.92. The third kappa shape index (κ3) is 7.35. The van der Waals surface area contributed by atoms with Crippen molar-refractivity contribution in [1.29, 1.82) is 0 Å². The van der Waals surface area contributed by atoms with Gasteiger partial charge >= 0.3 is 0 Å². The summed E-state index contributed by atoms with van der Waals surface area (Å²) >= 11 is 0. The number of hydrogen-bond donors (Lipinski definition) is 2. The summed E-state index contributed by atoms with van der Waals surface area (Å²) in [5.74, 6) is 0.735. The van der Waals surface area contributed by atoms with E-state index in [1.165, 1.54) is 5.56 Å². The van der Waals surface area contributed by atoms with Gasteiger partial charge in [0.15, 0.2) is 0 Å². The minimum Gasteiger partial charge on any atom is -0.370 e. The standard InChI is InChI=1S/C20H28N4O/c1-24(2)15-7-14-21-19-12-11-18(16-23-19)20(25)22-13-6-10-17-8-4-3-5-9-17/h3-5,8-9,11-12,16H,6-7,10,13-15H2,1-2H3,(H,21,23)(H,22,25). The summed E-state index contributed by atoms with van der Waals surface area (Å²) in [5, 5.41) is 6.22. The van der Waals surface area contributed by atoms with Crippen LogP contribution in [-0.4, -0.2) is 49.5 Å². The predicted molar refractivity (Wildman–Crippen MR) is 103 cm³/mol. The van der Waals surface area contributed by atoms with E-state index in [1.54, 1.807) is 6.20 Å². The summed E-state index contributed by atoms with van der Waals surface area (Å²) in [6.07, 6.45) is 4.57. The van der Waals surface area contributed by atoms with Crippen LogP contribution in [0, 0.1) is 0 Å². The van der Waals surface area contributed by atoms with E-state index >= 15 is 0 Å². The number of aromatic nitrogens is 1. The number of pyridine rings is 1. The second kappa shape index (κ2) is 10.5. The number of rotatable bonds is 10.